The fourth-order valence-corrected chi connectivity index (χ4v) is 1.94. The smallest absolute Gasteiger partial charge is 0.271 e. The Kier molecular flexibility index (Phi) is 2.73. The molecule has 15 heavy (non-hydrogen) atoms. The van der Waals surface area contributed by atoms with Gasteiger partial charge in [0.15, 0.2) is 4.96 Å². The van der Waals surface area contributed by atoms with E-state index in [2.05, 4.69) is 10.3 Å². The van der Waals surface area contributed by atoms with Gasteiger partial charge in [-0.05, 0) is 13.3 Å². The van der Waals surface area contributed by atoms with E-state index in [1.165, 1.54) is 11.3 Å². The maximum atomic E-state index is 11.7. The molecule has 0 bridgehead atoms. The molecule has 1 amide bonds. The number of carbonyl (C=O) groups is 1. The highest BCUT2D eigenvalue weighted by atomic mass is 32.1. The number of rotatable bonds is 3. The van der Waals surface area contributed by atoms with Crippen LogP contribution in [0.1, 0.15) is 30.8 Å². The zero-order valence-corrected chi connectivity index (χ0v) is 9.54. The minimum absolute atomic E-state index is 0.0970. The first kappa shape index (κ1) is 10.2. The highest BCUT2D eigenvalue weighted by molar-refractivity contribution is 7.15. The van der Waals surface area contributed by atoms with Crippen molar-refractivity contribution in [2.24, 2.45) is 0 Å². The summed E-state index contributed by atoms with van der Waals surface area (Å²) in [6.07, 6.45) is 4.57. The van der Waals surface area contributed by atoms with Crippen molar-refractivity contribution in [3.8, 4) is 0 Å². The van der Waals surface area contributed by atoms with Gasteiger partial charge in [0.1, 0.15) is 5.69 Å². The fraction of sp³-hybridized carbons (Fsp3) is 0.400. The molecule has 2 aromatic heterocycles. The average molecular weight is 223 g/mol. The molecule has 2 aromatic rings. The van der Waals surface area contributed by atoms with Crippen LogP contribution in [0.15, 0.2) is 17.8 Å². The molecule has 1 N–H and O–H groups in total. The third-order valence-electron chi connectivity index (χ3n) is 2.32. The molecule has 0 aliphatic heterocycles. The maximum Gasteiger partial charge on any atom is 0.271 e. The summed E-state index contributed by atoms with van der Waals surface area (Å²) in [4.78, 5) is 16.8. The van der Waals surface area contributed by atoms with Crippen LogP contribution < -0.4 is 5.32 Å². The molecule has 2 heterocycles. The number of amides is 1. The normalized spacial score (nSPS) is 12.9. The van der Waals surface area contributed by atoms with Gasteiger partial charge in [-0.25, -0.2) is 4.98 Å². The molecule has 80 valence electrons. The van der Waals surface area contributed by atoms with Gasteiger partial charge in [0.25, 0.3) is 5.91 Å². The highest BCUT2D eigenvalue weighted by Gasteiger charge is 2.12. The number of carbonyl (C=O) groups excluding carboxylic acids is 1. The maximum absolute atomic E-state index is 11.7. The van der Waals surface area contributed by atoms with Gasteiger partial charge in [-0.1, -0.05) is 6.92 Å². The summed E-state index contributed by atoms with van der Waals surface area (Å²) in [5.74, 6) is -0.0970. The summed E-state index contributed by atoms with van der Waals surface area (Å²) in [7, 11) is 0. The average Bonchev–Trinajstić information content (AvgIpc) is 2.76. The number of hydrogen-bond acceptors (Lipinski definition) is 3. The first-order valence-corrected chi connectivity index (χ1v) is 5.81. The van der Waals surface area contributed by atoms with Gasteiger partial charge in [-0.15, -0.1) is 11.3 Å². The second kappa shape index (κ2) is 4.02. The second-order valence-electron chi connectivity index (χ2n) is 3.50. The van der Waals surface area contributed by atoms with Crippen molar-refractivity contribution in [3.05, 3.63) is 23.5 Å². The van der Waals surface area contributed by atoms with Crippen LogP contribution in [0, 0.1) is 0 Å². The highest BCUT2D eigenvalue weighted by Crippen LogP contribution is 2.11. The van der Waals surface area contributed by atoms with Crippen LogP contribution in [0.25, 0.3) is 4.96 Å². The van der Waals surface area contributed by atoms with Gasteiger partial charge in [0.05, 0.1) is 0 Å². The molecule has 0 fully saturated rings. The van der Waals surface area contributed by atoms with Crippen LogP contribution in [-0.4, -0.2) is 21.3 Å². The molecule has 0 aromatic carbocycles. The third kappa shape index (κ3) is 2.02. The van der Waals surface area contributed by atoms with Gasteiger partial charge in [-0.3, -0.25) is 9.20 Å². The third-order valence-corrected chi connectivity index (χ3v) is 3.09. The number of fused-ring (bicyclic) bond motifs is 1. The van der Waals surface area contributed by atoms with Crippen LogP contribution in [0.2, 0.25) is 0 Å². The summed E-state index contributed by atoms with van der Waals surface area (Å²) in [6, 6.07) is 0.192. The lowest BCUT2D eigenvalue weighted by Gasteiger charge is -2.08. The quantitative estimate of drug-likeness (QED) is 0.864. The van der Waals surface area contributed by atoms with E-state index in [9.17, 15) is 4.79 Å². The number of thiazole rings is 1. The van der Waals surface area contributed by atoms with Gasteiger partial charge < -0.3 is 5.32 Å². The molecule has 0 spiro atoms. The summed E-state index contributed by atoms with van der Waals surface area (Å²) >= 11 is 1.52. The molecule has 0 aliphatic rings. The molecule has 5 heteroatoms. The van der Waals surface area contributed by atoms with Crippen LogP contribution in [0.4, 0.5) is 0 Å². The summed E-state index contributed by atoms with van der Waals surface area (Å²) in [6.45, 7) is 4.02. The molecule has 4 nitrogen and oxygen atoms in total. The number of imidazole rings is 1. The summed E-state index contributed by atoms with van der Waals surface area (Å²) < 4.78 is 1.86. The Morgan fingerprint density at radius 1 is 1.73 bits per heavy atom. The van der Waals surface area contributed by atoms with Crippen LogP contribution in [-0.2, 0) is 0 Å². The Labute approximate surface area is 91.9 Å². The Morgan fingerprint density at radius 2 is 2.53 bits per heavy atom. The molecule has 1 atom stereocenters. The first-order valence-electron chi connectivity index (χ1n) is 4.93. The minimum Gasteiger partial charge on any atom is -0.348 e. The lowest BCUT2D eigenvalue weighted by Crippen LogP contribution is -2.32. The number of nitrogens with one attached hydrogen (secondary N) is 1. The van der Waals surface area contributed by atoms with Crippen molar-refractivity contribution >= 4 is 22.2 Å². The van der Waals surface area contributed by atoms with Crippen LogP contribution in [0.5, 0.6) is 0 Å². The lowest BCUT2D eigenvalue weighted by atomic mass is 10.2. The van der Waals surface area contributed by atoms with Gasteiger partial charge >= 0.3 is 0 Å². The summed E-state index contributed by atoms with van der Waals surface area (Å²) in [5.41, 5.74) is 0.488. The molecule has 0 saturated heterocycles. The molecule has 0 aliphatic carbocycles. The van der Waals surface area contributed by atoms with E-state index in [1.54, 1.807) is 6.20 Å². The molecular weight excluding hydrogens is 210 g/mol. The monoisotopic (exact) mass is 223 g/mol. The molecule has 2 rings (SSSR count). The minimum atomic E-state index is -0.0970. The van der Waals surface area contributed by atoms with Gasteiger partial charge in [0.2, 0.25) is 0 Å². The predicted octanol–water partition coefficient (Wildman–Crippen LogP) is 1.92. The van der Waals surface area contributed by atoms with Crippen molar-refractivity contribution < 1.29 is 4.79 Å². The Morgan fingerprint density at radius 3 is 3.20 bits per heavy atom. The van der Waals surface area contributed by atoms with E-state index in [0.717, 1.165) is 11.4 Å². The van der Waals surface area contributed by atoms with E-state index >= 15 is 0 Å². The zero-order chi connectivity index (χ0) is 10.8. The zero-order valence-electron chi connectivity index (χ0n) is 8.73. The van der Waals surface area contributed by atoms with Gasteiger partial charge in [-0.2, -0.15) is 0 Å². The second-order valence-corrected chi connectivity index (χ2v) is 4.37. The van der Waals surface area contributed by atoms with Crippen molar-refractivity contribution in [1.29, 1.82) is 0 Å². The fourth-order valence-electron chi connectivity index (χ4n) is 1.24. The number of nitrogens with zero attached hydrogens (tertiary/aromatic N) is 2. The lowest BCUT2D eigenvalue weighted by molar-refractivity contribution is 0.0935. The number of hydrogen-bond donors (Lipinski definition) is 1. The van der Waals surface area contributed by atoms with E-state index in [1.807, 2.05) is 29.8 Å². The molecular formula is C10H13N3OS. The molecule has 1 unspecified atom stereocenters. The van der Waals surface area contributed by atoms with Gasteiger partial charge in [0, 0.05) is 23.8 Å². The first-order chi connectivity index (χ1) is 7.20. The Bertz CT molecular complexity index is 445. The number of aromatic nitrogens is 2. The largest absolute Gasteiger partial charge is 0.348 e. The topological polar surface area (TPSA) is 46.4 Å². The van der Waals surface area contributed by atoms with E-state index in [4.69, 9.17) is 0 Å². The van der Waals surface area contributed by atoms with E-state index in [-0.39, 0.29) is 11.9 Å². The van der Waals surface area contributed by atoms with E-state index < -0.39 is 0 Å². The van der Waals surface area contributed by atoms with E-state index in [0.29, 0.717) is 5.69 Å². The molecule has 0 radical (unpaired) electrons. The van der Waals surface area contributed by atoms with Crippen molar-refractivity contribution in [2.45, 2.75) is 26.3 Å². The standard InChI is InChI=1S/C10H13N3OS/c1-3-7(2)11-9(14)8-6-13-4-5-15-10(13)12-8/h4-7H,3H2,1-2H3,(H,11,14). The summed E-state index contributed by atoms with van der Waals surface area (Å²) in [5, 5.41) is 4.83. The van der Waals surface area contributed by atoms with Crippen LogP contribution >= 0.6 is 11.3 Å². The predicted molar refractivity (Wildman–Crippen MR) is 60.3 cm³/mol. The molecule has 0 saturated carbocycles. The van der Waals surface area contributed by atoms with Crippen LogP contribution in [0.3, 0.4) is 0 Å². The van der Waals surface area contributed by atoms with Crippen molar-refractivity contribution in [2.75, 3.05) is 0 Å². The Balaban J connectivity index is 2.17. The van der Waals surface area contributed by atoms with Crippen molar-refractivity contribution in [1.82, 2.24) is 14.7 Å². The van der Waals surface area contributed by atoms with Crippen molar-refractivity contribution in [3.63, 3.8) is 0 Å². The SMILES string of the molecule is CCC(C)NC(=O)c1cn2ccsc2n1. The Hall–Kier alpha value is -1.36.